The largest absolute Gasteiger partial charge is 0.377 e. The molecule has 0 bridgehead atoms. The second-order valence-electron chi connectivity index (χ2n) is 4.82. The first-order valence-corrected chi connectivity index (χ1v) is 7.99. The number of hydrogen-bond donors (Lipinski definition) is 1. The maximum absolute atomic E-state index is 9.19. The van der Waals surface area contributed by atoms with Gasteiger partial charge in [-0.1, -0.05) is 23.2 Å². The monoisotopic (exact) mass is 322 g/mol. The summed E-state index contributed by atoms with van der Waals surface area (Å²) in [6.07, 6.45) is 3.26. The SMILES string of the molecule is N#Cc1ccc(Cl)cc1NC1CCCc2sc(Cl)cc21. The fourth-order valence-electron chi connectivity index (χ4n) is 2.59. The highest BCUT2D eigenvalue weighted by atomic mass is 35.5. The molecule has 20 heavy (non-hydrogen) atoms. The Hall–Kier alpha value is -1.21. The van der Waals surface area contributed by atoms with Gasteiger partial charge in [-0.3, -0.25) is 0 Å². The lowest BCUT2D eigenvalue weighted by Gasteiger charge is -2.25. The van der Waals surface area contributed by atoms with Crippen molar-refractivity contribution >= 4 is 40.2 Å². The molecule has 0 radical (unpaired) electrons. The number of hydrogen-bond acceptors (Lipinski definition) is 3. The third-order valence-electron chi connectivity index (χ3n) is 3.52. The van der Waals surface area contributed by atoms with E-state index in [2.05, 4.69) is 11.4 Å². The quantitative estimate of drug-likeness (QED) is 0.801. The van der Waals surface area contributed by atoms with Gasteiger partial charge in [-0.2, -0.15) is 5.26 Å². The summed E-state index contributed by atoms with van der Waals surface area (Å²) in [4.78, 5) is 1.35. The Morgan fingerprint density at radius 2 is 2.15 bits per heavy atom. The standard InChI is InChI=1S/C15H12Cl2N2S/c16-10-5-4-9(8-18)13(6-10)19-12-2-1-3-14-11(12)7-15(17)20-14/h4-7,12,19H,1-3H2. The average molecular weight is 323 g/mol. The third-order valence-corrected chi connectivity index (χ3v) is 5.09. The van der Waals surface area contributed by atoms with E-state index in [4.69, 9.17) is 23.2 Å². The van der Waals surface area contributed by atoms with Crippen LogP contribution in [0, 0.1) is 11.3 Å². The Morgan fingerprint density at radius 1 is 1.30 bits per heavy atom. The summed E-state index contributed by atoms with van der Waals surface area (Å²) in [7, 11) is 0. The van der Waals surface area contributed by atoms with E-state index in [1.165, 1.54) is 10.4 Å². The minimum absolute atomic E-state index is 0.202. The molecule has 1 atom stereocenters. The summed E-state index contributed by atoms with van der Waals surface area (Å²) in [5.74, 6) is 0. The topological polar surface area (TPSA) is 35.8 Å². The van der Waals surface area contributed by atoms with Crippen molar-refractivity contribution in [3.63, 3.8) is 0 Å². The minimum atomic E-state index is 0.202. The first kappa shape index (κ1) is 13.8. The zero-order chi connectivity index (χ0) is 14.1. The van der Waals surface area contributed by atoms with Gasteiger partial charge in [0.1, 0.15) is 6.07 Å². The van der Waals surface area contributed by atoms with Crippen LogP contribution < -0.4 is 5.32 Å². The van der Waals surface area contributed by atoms with Gasteiger partial charge in [0.25, 0.3) is 0 Å². The van der Waals surface area contributed by atoms with E-state index in [-0.39, 0.29) is 6.04 Å². The third kappa shape index (κ3) is 2.64. The Kier molecular flexibility index (Phi) is 3.89. The van der Waals surface area contributed by atoms with Gasteiger partial charge >= 0.3 is 0 Å². The molecular weight excluding hydrogens is 311 g/mol. The summed E-state index contributed by atoms with van der Waals surface area (Å²) >= 11 is 13.8. The molecule has 2 nitrogen and oxygen atoms in total. The van der Waals surface area contributed by atoms with E-state index >= 15 is 0 Å². The van der Waals surface area contributed by atoms with Crippen LogP contribution in [0.3, 0.4) is 0 Å². The molecule has 3 rings (SSSR count). The van der Waals surface area contributed by atoms with Gasteiger partial charge in [-0.05, 0) is 49.1 Å². The van der Waals surface area contributed by atoms with Crippen molar-refractivity contribution in [2.24, 2.45) is 0 Å². The molecule has 0 fully saturated rings. The second-order valence-corrected chi connectivity index (χ2v) is 7.02. The lowest BCUT2D eigenvalue weighted by atomic mass is 9.93. The van der Waals surface area contributed by atoms with Gasteiger partial charge in [-0.25, -0.2) is 0 Å². The van der Waals surface area contributed by atoms with Crippen LogP contribution in [0.4, 0.5) is 5.69 Å². The summed E-state index contributed by atoms with van der Waals surface area (Å²) in [5, 5.41) is 13.3. The average Bonchev–Trinajstić information content (AvgIpc) is 2.80. The minimum Gasteiger partial charge on any atom is -0.377 e. The number of nitriles is 1. The summed E-state index contributed by atoms with van der Waals surface area (Å²) in [6.45, 7) is 0. The van der Waals surface area contributed by atoms with Crippen LogP contribution in [0.25, 0.3) is 0 Å². The molecule has 1 aromatic carbocycles. The normalized spacial score (nSPS) is 17.4. The highest BCUT2D eigenvalue weighted by molar-refractivity contribution is 7.16. The molecule has 0 saturated heterocycles. The molecular formula is C15H12Cl2N2S. The Balaban J connectivity index is 1.93. The molecule has 102 valence electrons. The van der Waals surface area contributed by atoms with E-state index in [1.807, 2.05) is 12.1 Å². The summed E-state index contributed by atoms with van der Waals surface area (Å²) < 4.78 is 0.829. The number of benzene rings is 1. The van der Waals surface area contributed by atoms with Gasteiger partial charge in [0.2, 0.25) is 0 Å². The van der Waals surface area contributed by atoms with Crippen LogP contribution in [-0.4, -0.2) is 0 Å². The molecule has 2 aromatic rings. The molecule has 0 aliphatic heterocycles. The molecule has 1 aliphatic carbocycles. The van der Waals surface area contributed by atoms with Crippen molar-refractivity contribution in [2.75, 3.05) is 5.32 Å². The van der Waals surface area contributed by atoms with Crippen LogP contribution in [-0.2, 0) is 6.42 Å². The number of rotatable bonds is 2. The van der Waals surface area contributed by atoms with Crippen LogP contribution in [0.5, 0.6) is 0 Å². The van der Waals surface area contributed by atoms with Gasteiger partial charge in [0, 0.05) is 9.90 Å². The number of fused-ring (bicyclic) bond motifs is 1. The van der Waals surface area contributed by atoms with E-state index < -0.39 is 0 Å². The lowest BCUT2D eigenvalue weighted by Crippen LogP contribution is -2.16. The molecule has 1 heterocycles. The number of nitrogens with zero attached hydrogens (tertiary/aromatic N) is 1. The zero-order valence-electron chi connectivity index (χ0n) is 10.6. The summed E-state index contributed by atoms with van der Waals surface area (Å²) in [6, 6.07) is 9.72. The smallest absolute Gasteiger partial charge is 0.101 e. The number of aryl methyl sites for hydroxylation is 1. The second kappa shape index (κ2) is 5.65. The maximum Gasteiger partial charge on any atom is 0.101 e. The van der Waals surface area contributed by atoms with Gasteiger partial charge < -0.3 is 5.32 Å². The molecule has 0 saturated carbocycles. The Morgan fingerprint density at radius 3 is 2.95 bits per heavy atom. The van der Waals surface area contributed by atoms with Crippen molar-refractivity contribution in [2.45, 2.75) is 25.3 Å². The van der Waals surface area contributed by atoms with E-state index in [9.17, 15) is 5.26 Å². The molecule has 1 unspecified atom stereocenters. The zero-order valence-corrected chi connectivity index (χ0v) is 12.9. The van der Waals surface area contributed by atoms with Crippen molar-refractivity contribution in [1.82, 2.24) is 0 Å². The van der Waals surface area contributed by atoms with Crippen LogP contribution in [0.15, 0.2) is 24.3 Å². The fraction of sp³-hybridized carbons (Fsp3) is 0.267. The van der Waals surface area contributed by atoms with Crippen molar-refractivity contribution < 1.29 is 0 Å². The molecule has 1 N–H and O–H groups in total. The molecule has 1 aromatic heterocycles. The highest BCUT2D eigenvalue weighted by Gasteiger charge is 2.23. The molecule has 0 amide bonds. The molecule has 5 heteroatoms. The van der Waals surface area contributed by atoms with Crippen LogP contribution in [0.1, 0.15) is 34.9 Å². The first-order chi connectivity index (χ1) is 9.67. The molecule has 1 aliphatic rings. The Labute approximate surface area is 131 Å². The number of anilines is 1. The predicted molar refractivity (Wildman–Crippen MR) is 84.8 cm³/mol. The van der Waals surface area contributed by atoms with Crippen molar-refractivity contribution in [1.29, 1.82) is 5.26 Å². The number of halogens is 2. The Bertz CT molecular complexity index is 688. The highest BCUT2D eigenvalue weighted by Crippen LogP contribution is 2.40. The number of nitrogens with one attached hydrogen (secondary N) is 1. The van der Waals surface area contributed by atoms with Crippen LogP contribution in [0.2, 0.25) is 9.36 Å². The fourth-order valence-corrected chi connectivity index (χ4v) is 4.15. The van der Waals surface area contributed by atoms with Crippen molar-refractivity contribution in [3.8, 4) is 6.07 Å². The van der Waals surface area contributed by atoms with Gasteiger partial charge in [0.15, 0.2) is 0 Å². The van der Waals surface area contributed by atoms with E-state index in [0.29, 0.717) is 10.6 Å². The molecule has 0 spiro atoms. The maximum atomic E-state index is 9.19. The van der Waals surface area contributed by atoms with Crippen LogP contribution >= 0.6 is 34.5 Å². The number of thiophene rings is 1. The van der Waals surface area contributed by atoms with E-state index in [0.717, 1.165) is 29.3 Å². The van der Waals surface area contributed by atoms with Gasteiger partial charge in [-0.15, -0.1) is 11.3 Å². The van der Waals surface area contributed by atoms with Gasteiger partial charge in [0.05, 0.1) is 21.6 Å². The first-order valence-electron chi connectivity index (χ1n) is 6.41. The predicted octanol–water partition coefficient (Wildman–Crippen LogP) is 5.42. The van der Waals surface area contributed by atoms with Crippen molar-refractivity contribution in [3.05, 3.63) is 49.6 Å². The van der Waals surface area contributed by atoms with E-state index in [1.54, 1.807) is 23.5 Å². The summed E-state index contributed by atoms with van der Waals surface area (Å²) in [5.41, 5.74) is 2.66. The lowest BCUT2D eigenvalue weighted by molar-refractivity contribution is 0.609.